The molecule has 1 saturated heterocycles. The monoisotopic (exact) mass is 449 g/mol. The molecule has 1 amide bonds. The highest BCUT2D eigenvalue weighted by Crippen LogP contribution is 2.29. The maximum Gasteiger partial charge on any atom is 0.237 e. The third-order valence-corrected chi connectivity index (χ3v) is 6.35. The van der Waals surface area contributed by atoms with Crippen molar-refractivity contribution in [1.82, 2.24) is 15.5 Å². The van der Waals surface area contributed by atoms with Gasteiger partial charge in [0.25, 0.3) is 0 Å². The number of halogens is 2. The Balaban J connectivity index is 1.51. The number of rotatable bonds is 8. The van der Waals surface area contributed by atoms with Crippen LogP contribution in [0.5, 0.6) is 0 Å². The minimum absolute atomic E-state index is 0.00741. The summed E-state index contributed by atoms with van der Waals surface area (Å²) in [6.07, 6.45) is 0.652. The Morgan fingerprint density at radius 1 is 0.970 bits per heavy atom. The summed E-state index contributed by atoms with van der Waals surface area (Å²) in [6.45, 7) is 1.81. The average Bonchev–Trinajstić information content (AvgIpc) is 3.26. The maximum absolute atomic E-state index is 13.6. The zero-order chi connectivity index (χ0) is 23.2. The predicted octanol–water partition coefficient (Wildman–Crippen LogP) is 4.08. The van der Waals surface area contributed by atoms with Crippen LogP contribution in [-0.2, 0) is 11.3 Å². The van der Waals surface area contributed by atoms with Gasteiger partial charge in [0.2, 0.25) is 5.91 Å². The van der Waals surface area contributed by atoms with E-state index in [0.717, 1.165) is 6.07 Å². The first-order valence-electron chi connectivity index (χ1n) is 11.3. The molecule has 172 valence electrons. The third-order valence-electron chi connectivity index (χ3n) is 6.35. The fourth-order valence-electron chi connectivity index (χ4n) is 4.61. The van der Waals surface area contributed by atoms with Crippen molar-refractivity contribution in [2.24, 2.45) is 0 Å². The van der Waals surface area contributed by atoms with Gasteiger partial charge in [0, 0.05) is 38.6 Å². The van der Waals surface area contributed by atoms with Gasteiger partial charge in [-0.25, -0.2) is 8.78 Å². The summed E-state index contributed by atoms with van der Waals surface area (Å²) in [6, 6.07) is 24.4. The molecule has 3 aromatic rings. The van der Waals surface area contributed by atoms with E-state index in [1.165, 1.54) is 17.2 Å². The van der Waals surface area contributed by atoms with Gasteiger partial charge in [0.05, 0.1) is 6.04 Å². The number of benzene rings is 3. The summed E-state index contributed by atoms with van der Waals surface area (Å²) in [4.78, 5) is 14.9. The molecule has 0 unspecified atom stereocenters. The van der Waals surface area contributed by atoms with E-state index >= 15 is 0 Å². The van der Waals surface area contributed by atoms with Crippen molar-refractivity contribution in [2.75, 3.05) is 20.1 Å². The van der Waals surface area contributed by atoms with Gasteiger partial charge in [0.1, 0.15) is 0 Å². The molecule has 6 heteroatoms. The molecule has 0 spiro atoms. The number of carbonyl (C=O) groups is 1. The number of nitrogens with one attached hydrogen (secondary N) is 2. The minimum atomic E-state index is -0.849. The second-order valence-corrected chi connectivity index (χ2v) is 8.52. The van der Waals surface area contributed by atoms with E-state index in [1.54, 1.807) is 13.1 Å². The standard InChI is InChI=1S/C27H29F2N3O/c1-30-27(33)26-15-22(31-16-19-12-13-24(28)25(29)14-19)17-32(26)18-23(20-8-4-2-5-9-20)21-10-6-3-7-11-21/h2-14,22-23,26,31H,15-18H2,1H3,(H,30,33)/t22-,26+/m1/s1. The molecule has 0 saturated carbocycles. The first-order chi connectivity index (χ1) is 16.0. The molecule has 3 aromatic carbocycles. The number of hydrogen-bond donors (Lipinski definition) is 2. The fraction of sp³-hybridized carbons (Fsp3) is 0.296. The van der Waals surface area contributed by atoms with E-state index in [0.29, 0.717) is 31.6 Å². The number of likely N-dealkylation sites (N-methyl/N-ethyl adjacent to an activating group) is 1. The Morgan fingerprint density at radius 3 is 2.18 bits per heavy atom. The highest BCUT2D eigenvalue weighted by atomic mass is 19.2. The minimum Gasteiger partial charge on any atom is -0.358 e. The van der Waals surface area contributed by atoms with Crippen molar-refractivity contribution < 1.29 is 13.6 Å². The number of hydrogen-bond acceptors (Lipinski definition) is 3. The first kappa shape index (κ1) is 23.1. The van der Waals surface area contributed by atoms with Crippen LogP contribution < -0.4 is 10.6 Å². The van der Waals surface area contributed by atoms with Crippen LogP contribution in [0.15, 0.2) is 78.9 Å². The molecule has 2 atom stereocenters. The number of likely N-dealkylation sites (tertiary alicyclic amines) is 1. The number of nitrogens with zero attached hydrogens (tertiary/aromatic N) is 1. The molecule has 2 N–H and O–H groups in total. The van der Waals surface area contributed by atoms with E-state index in [4.69, 9.17) is 0 Å². The summed E-state index contributed by atoms with van der Waals surface area (Å²) >= 11 is 0. The van der Waals surface area contributed by atoms with Gasteiger partial charge >= 0.3 is 0 Å². The molecular weight excluding hydrogens is 420 g/mol. The summed E-state index contributed by atoms with van der Waals surface area (Å²) in [5.41, 5.74) is 3.09. The number of carbonyl (C=O) groups excluding carboxylic acids is 1. The third kappa shape index (κ3) is 5.64. The Labute approximate surface area is 193 Å². The largest absolute Gasteiger partial charge is 0.358 e. The molecule has 1 aliphatic heterocycles. The molecule has 0 radical (unpaired) electrons. The molecule has 0 bridgehead atoms. The summed E-state index contributed by atoms with van der Waals surface area (Å²) in [7, 11) is 1.66. The first-order valence-corrected chi connectivity index (χ1v) is 11.3. The smallest absolute Gasteiger partial charge is 0.237 e. The van der Waals surface area contributed by atoms with E-state index < -0.39 is 11.6 Å². The van der Waals surface area contributed by atoms with Crippen LogP contribution >= 0.6 is 0 Å². The highest BCUT2D eigenvalue weighted by Gasteiger charge is 2.37. The predicted molar refractivity (Wildman–Crippen MR) is 126 cm³/mol. The average molecular weight is 450 g/mol. The van der Waals surface area contributed by atoms with Gasteiger partial charge in [0.15, 0.2) is 11.6 Å². The number of amides is 1. The Hall–Kier alpha value is -3.09. The van der Waals surface area contributed by atoms with Crippen molar-refractivity contribution in [3.05, 3.63) is 107 Å². The lowest BCUT2D eigenvalue weighted by molar-refractivity contribution is -0.125. The molecule has 33 heavy (non-hydrogen) atoms. The Morgan fingerprint density at radius 2 is 1.61 bits per heavy atom. The van der Waals surface area contributed by atoms with Gasteiger partial charge in [-0.3, -0.25) is 9.69 Å². The van der Waals surface area contributed by atoms with E-state index in [9.17, 15) is 13.6 Å². The van der Waals surface area contributed by atoms with Gasteiger partial charge in [-0.2, -0.15) is 0 Å². The molecule has 1 aliphatic rings. The van der Waals surface area contributed by atoms with Crippen LogP contribution in [0.25, 0.3) is 0 Å². The molecule has 0 aliphatic carbocycles. The molecule has 4 nitrogen and oxygen atoms in total. The van der Waals surface area contributed by atoms with Crippen LogP contribution in [0.2, 0.25) is 0 Å². The Bertz CT molecular complexity index is 1020. The van der Waals surface area contributed by atoms with Crippen molar-refractivity contribution >= 4 is 5.91 Å². The zero-order valence-electron chi connectivity index (χ0n) is 18.7. The molecule has 4 rings (SSSR count). The molecule has 0 aromatic heterocycles. The van der Waals surface area contributed by atoms with Gasteiger partial charge < -0.3 is 10.6 Å². The fourth-order valence-corrected chi connectivity index (χ4v) is 4.61. The normalized spacial score (nSPS) is 18.5. The van der Waals surface area contributed by atoms with E-state index in [-0.39, 0.29) is 23.9 Å². The van der Waals surface area contributed by atoms with Crippen molar-refractivity contribution in [1.29, 1.82) is 0 Å². The Kier molecular flexibility index (Phi) is 7.47. The lowest BCUT2D eigenvalue weighted by Crippen LogP contribution is -2.43. The topological polar surface area (TPSA) is 44.4 Å². The lowest BCUT2D eigenvalue weighted by atomic mass is 9.90. The van der Waals surface area contributed by atoms with Crippen LogP contribution in [0.4, 0.5) is 8.78 Å². The zero-order valence-corrected chi connectivity index (χ0v) is 18.7. The SMILES string of the molecule is CNC(=O)[C@@H]1C[C@@H](NCc2ccc(F)c(F)c2)CN1CC(c1ccccc1)c1ccccc1. The highest BCUT2D eigenvalue weighted by molar-refractivity contribution is 5.81. The molecule has 1 fully saturated rings. The van der Waals surface area contributed by atoms with Crippen molar-refractivity contribution in [2.45, 2.75) is 31.0 Å². The van der Waals surface area contributed by atoms with Crippen molar-refractivity contribution in [3.8, 4) is 0 Å². The van der Waals surface area contributed by atoms with Gasteiger partial charge in [-0.05, 0) is 35.2 Å². The lowest BCUT2D eigenvalue weighted by Gasteiger charge is -2.28. The van der Waals surface area contributed by atoms with Crippen LogP contribution in [0.1, 0.15) is 29.0 Å². The maximum atomic E-state index is 13.6. The van der Waals surface area contributed by atoms with Crippen LogP contribution in [0, 0.1) is 11.6 Å². The van der Waals surface area contributed by atoms with E-state index in [2.05, 4.69) is 39.8 Å². The molecular formula is C27H29F2N3O. The van der Waals surface area contributed by atoms with E-state index in [1.807, 2.05) is 36.4 Å². The van der Waals surface area contributed by atoms with Gasteiger partial charge in [-0.15, -0.1) is 0 Å². The van der Waals surface area contributed by atoms with Crippen LogP contribution in [-0.4, -0.2) is 43.0 Å². The second-order valence-electron chi connectivity index (χ2n) is 8.52. The van der Waals surface area contributed by atoms with Crippen molar-refractivity contribution in [3.63, 3.8) is 0 Å². The molecule has 1 heterocycles. The second kappa shape index (κ2) is 10.7. The summed E-state index contributed by atoms with van der Waals surface area (Å²) in [5, 5.41) is 6.22. The van der Waals surface area contributed by atoms with Gasteiger partial charge in [-0.1, -0.05) is 66.7 Å². The summed E-state index contributed by atoms with van der Waals surface area (Å²) < 4.78 is 26.8. The quantitative estimate of drug-likeness (QED) is 0.545. The van der Waals surface area contributed by atoms with Crippen LogP contribution in [0.3, 0.4) is 0 Å². The summed E-state index contributed by atoms with van der Waals surface area (Å²) in [5.74, 6) is -1.58.